The fourth-order valence-corrected chi connectivity index (χ4v) is 4.57. The Morgan fingerprint density at radius 3 is 2.52 bits per heavy atom. The van der Waals surface area contributed by atoms with Crippen LogP contribution >= 0.6 is 27.3 Å². The first kappa shape index (κ1) is 18.1. The summed E-state index contributed by atoms with van der Waals surface area (Å²) in [7, 11) is -2.21. The van der Waals surface area contributed by atoms with Crippen LogP contribution in [0.4, 0.5) is 0 Å². The Hall–Kier alpha value is -1.22. The van der Waals surface area contributed by atoms with Gasteiger partial charge in [-0.15, -0.1) is 11.3 Å². The molecular formula is C15H17BrN2O3S2. The van der Waals surface area contributed by atoms with E-state index >= 15 is 0 Å². The molecule has 0 aliphatic rings. The molecule has 0 aliphatic heterocycles. The highest BCUT2D eigenvalue weighted by atomic mass is 79.9. The zero-order chi connectivity index (χ0) is 17.0. The van der Waals surface area contributed by atoms with E-state index in [1.54, 1.807) is 11.4 Å². The van der Waals surface area contributed by atoms with Gasteiger partial charge in [-0.1, -0.05) is 34.1 Å². The van der Waals surface area contributed by atoms with Crippen LogP contribution in [0.1, 0.15) is 18.5 Å². The lowest BCUT2D eigenvalue weighted by Crippen LogP contribution is -2.39. The molecule has 23 heavy (non-hydrogen) atoms. The molecule has 0 saturated heterocycles. The van der Waals surface area contributed by atoms with E-state index in [4.69, 9.17) is 0 Å². The normalized spacial score (nSPS) is 13.0. The predicted octanol–water partition coefficient (Wildman–Crippen LogP) is 3.01. The van der Waals surface area contributed by atoms with Crippen molar-refractivity contribution in [2.45, 2.75) is 17.2 Å². The van der Waals surface area contributed by atoms with Gasteiger partial charge in [0.1, 0.15) is 4.21 Å². The zero-order valence-electron chi connectivity index (χ0n) is 12.7. The summed E-state index contributed by atoms with van der Waals surface area (Å²) in [6.45, 7) is 1.63. The van der Waals surface area contributed by atoms with E-state index < -0.39 is 10.0 Å². The molecule has 1 atom stereocenters. The Bertz CT molecular complexity index is 759. The summed E-state index contributed by atoms with van der Waals surface area (Å²) >= 11 is 4.49. The summed E-state index contributed by atoms with van der Waals surface area (Å²) in [5.41, 5.74) is 0.949. The minimum Gasteiger partial charge on any atom is -0.348 e. The molecule has 2 aromatic rings. The van der Waals surface area contributed by atoms with Gasteiger partial charge in [-0.3, -0.25) is 4.79 Å². The van der Waals surface area contributed by atoms with Crippen LogP contribution in [-0.4, -0.2) is 32.2 Å². The Morgan fingerprint density at radius 1 is 1.30 bits per heavy atom. The summed E-state index contributed by atoms with van der Waals surface area (Å²) in [6.07, 6.45) is 0. The SMILES string of the molecule is CC(NC(=O)CN(C)S(=O)(=O)c1cccs1)c1ccc(Br)cc1. The number of thiophene rings is 1. The fraction of sp³-hybridized carbons (Fsp3) is 0.267. The van der Waals surface area contributed by atoms with Gasteiger partial charge < -0.3 is 5.32 Å². The first-order chi connectivity index (χ1) is 10.8. The van der Waals surface area contributed by atoms with Crippen molar-refractivity contribution in [1.29, 1.82) is 0 Å². The Balaban J connectivity index is 1.98. The number of rotatable bonds is 6. The second-order valence-electron chi connectivity index (χ2n) is 5.03. The smallest absolute Gasteiger partial charge is 0.252 e. The van der Waals surface area contributed by atoms with E-state index in [1.807, 2.05) is 31.2 Å². The van der Waals surface area contributed by atoms with Crippen LogP contribution in [0.5, 0.6) is 0 Å². The molecule has 0 aliphatic carbocycles. The minimum absolute atomic E-state index is 0.201. The van der Waals surface area contributed by atoms with Crippen molar-refractivity contribution in [1.82, 2.24) is 9.62 Å². The molecule has 1 aromatic heterocycles. The second-order valence-corrected chi connectivity index (χ2v) is 9.17. The number of amides is 1. The van der Waals surface area contributed by atoms with Gasteiger partial charge in [0, 0.05) is 11.5 Å². The van der Waals surface area contributed by atoms with E-state index in [-0.39, 0.29) is 22.7 Å². The Morgan fingerprint density at radius 2 is 1.96 bits per heavy atom. The molecule has 2 rings (SSSR count). The summed E-state index contributed by atoms with van der Waals surface area (Å²) in [4.78, 5) is 12.1. The van der Waals surface area contributed by atoms with Crippen LogP contribution in [0.25, 0.3) is 0 Å². The van der Waals surface area contributed by atoms with Crippen molar-refractivity contribution in [3.05, 3.63) is 51.8 Å². The van der Waals surface area contributed by atoms with Gasteiger partial charge in [0.25, 0.3) is 10.0 Å². The molecule has 1 amide bonds. The lowest BCUT2D eigenvalue weighted by molar-refractivity contribution is -0.121. The monoisotopic (exact) mass is 416 g/mol. The van der Waals surface area contributed by atoms with Crippen molar-refractivity contribution in [2.24, 2.45) is 0 Å². The number of carbonyl (C=O) groups is 1. The van der Waals surface area contributed by atoms with E-state index in [1.165, 1.54) is 13.1 Å². The average Bonchev–Trinajstić information content (AvgIpc) is 3.02. The second kappa shape index (κ2) is 7.57. The fourth-order valence-electron chi connectivity index (χ4n) is 1.97. The van der Waals surface area contributed by atoms with Crippen molar-refractivity contribution in [3.8, 4) is 0 Å². The van der Waals surface area contributed by atoms with E-state index in [0.717, 1.165) is 25.7 Å². The van der Waals surface area contributed by atoms with Crippen molar-refractivity contribution in [2.75, 3.05) is 13.6 Å². The number of likely N-dealkylation sites (N-methyl/N-ethyl adjacent to an activating group) is 1. The van der Waals surface area contributed by atoms with Crippen LogP contribution in [0.2, 0.25) is 0 Å². The van der Waals surface area contributed by atoms with Crippen LogP contribution < -0.4 is 5.32 Å². The lowest BCUT2D eigenvalue weighted by atomic mass is 10.1. The highest BCUT2D eigenvalue weighted by Crippen LogP contribution is 2.20. The molecule has 0 spiro atoms. The van der Waals surface area contributed by atoms with E-state index in [9.17, 15) is 13.2 Å². The van der Waals surface area contributed by atoms with Gasteiger partial charge in [-0.05, 0) is 36.1 Å². The molecular weight excluding hydrogens is 400 g/mol. The lowest BCUT2D eigenvalue weighted by Gasteiger charge is -2.19. The topological polar surface area (TPSA) is 66.5 Å². The van der Waals surface area contributed by atoms with Gasteiger partial charge in [-0.25, -0.2) is 8.42 Å². The van der Waals surface area contributed by atoms with Gasteiger partial charge in [-0.2, -0.15) is 4.31 Å². The molecule has 1 N–H and O–H groups in total. The predicted molar refractivity (Wildman–Crippen MR) is 94.8 cm³/mol. The number of nitrogens with one attached hydrogen (secondary N) is 1. The highest BCUT2D eigenvalue weighted by Gasteiger charge is 2.24. The Labute approximate surface area is 148 Å². The first-order valence-corrected chi connectivity index (χ1v) is 9.96. The molecule has 1 unspecified atom stereocenters. The summed E-state index contributed by atoms with van der Waals surface area (Å²) in [6, 6.07) is 10.6. The maximum absolute atomic E-state index is 12.3. The number of hydrogen-bond donors (Lipinski definition) is 1. The number of halogens is 1. The van der Waals surface area contributed by atoms with Crippen LogP contribution in [-0.2, 0) is 14.8 Å². The van der Waals surface area contributed by atoms with Gasteiger partial charge >= 0.3 is 0 Å². The number of hydrogen-bond acceptors (Lipinski definition) is 4. The quantitative estimate of drug-likeness (QED) is 0.786. The Kier molecular flexibility index (Phi) is 5.96. The third kappa shape index (κ3) is 4.63. The third-order valence-corrected chi connectivity index (χ3v) is 6.98. The maximum Gasteiger partial charge on any atom is 0.252 e. The highest BCUT2D eigenvalue weighted by molar-refractivity contribution is 9.10. The molecule has 1 aromatic carbocycles. The van der Waals surface area contributed by atoms with Crippen molar-refractivity contribution in [3.63, 3.8) is 0 Å². The van der Waals surface area contributed by atoms with E-state index in [0.29, 0.717) is 0 Å². The molecule has 0 bridgehead atoms. The van der Waals surface area contributed by atoms with Crippen LogP contribution in [0.15, 0.2) is 50.5 Å². The largest absolute Gasteiger partial charge is 0.348 e. The molecule has 0 radical (unpaired) electrons. The number of carbonyl (C=O) groups excluding carboxylic acids is 1. The van der Waals surface area contributed by atoms with Crippen molar-refractivity contribution >= 4 is 43.2 Å². The van der Waals surface area contributed by atoms with Gasteiger partial charge in [0.05, 0.1) is 12.6 Å². The minimum atomic E-state index is -3.61. The van der Waals surface area contributed by atoms with Gasteiger partial charge in [0.15, 0.2) is 0 Å². The van der Waals surface area contributed by atoms with Crippen LogP contribution in [0.3, 0.4) is 0 Å². The number of nitrogens with zero attached hydrogens (tertiary/aromatic N) is 1. The molecule has 124 valence electrons. The number of benzene rings is 1. The molecule has 8 heteroatoms. The maximum atomic E-state index is 12.3. The summed E-state index contributed by atoms with van der Waals surface area (Å²) in [5, 5.41) is 4.50. The first-order valence-electron chi connectivity index (χ1n) is 6.85. The molecule has 5 nitrogen and oxygen atoms in total. The molecule has 0 fully saturated rings. The van der Waals surface area contributed by atoms with E-state index in [2.05, 4.69) is 21.2 Å². The average molecular weight is 417 g/mol. The third-order valence-electron chi connectivity index (χ3n) is 3.27. The number of sulfonamides is 1. The van der Waals surface area contributed by atoms with Crippen LogP contribution in [0, 0.1) is 0 Å². The summed E-state index contributed by atoms with van der Waals surface area (Å²) in [5.74, 6) is -0.344. The standard InChI is InChI=1S/C15H17BrN2O3S2/c1-11(12-5-7-13(16)8-6-12)17-14(19)10-18(2)23(20,21)15-4-3-9-22-15/h3-9,11H,10H2,1-2H3,(H,17,19). The summed E-state index contributed by atoms with van der Waals surface area (Å²) < 4.78 is 26.8. The molecule has 1 heterocycles. The van der Waals surface area contributed by atoms with Gasteiger partial charge in [0.2, 0.25) is 5.91 Å². The zero-order valence-corrected chi connectivity index (χ0v) is 15.9. The van der Waals surface area contributed by atoms with Crippen molar-refractivity contribution < 1.29 is 13.2 Å². The molecule has 0 saturated carbocycles.